The summed E-state index contributed by atoms with van der Waals surface area (Å²) in [5, 5.41) is 4.65. The number of benzene rings is 1. The molecular weight excluding hydrogens is 240 g/mol. The number of halogens is 1. The standard InChI is InChI=1S/C12H17ClN2S/c1-9-8-15(6-5-14-2)11-4-3-10(13)7-12(11)16-9/h3-4,7,9,14H,5-6,8H2,1-2H3. The normalized spacial score (nSPS) is 19.7. The molecule has 0 aliphatic carbocycles. The Morgan fingerprint density at radius 3 is 3.12 bits per heavy atom. The van der Waals surface area contributed by atoms with Crippen LogP contribution in [0.1, 0.15) is 6.92 Å². The average molecular weight is 257 g/mol. The predicted molar refractivity (Wildman–Crippen MR) is 72.9 cm³/mol. The molecule has 2 rings (SSSR count). The number of rotatable bonds is 3. The van der Waals surface area contributed by atoms with E-state index in [1.807, 2.05) is 24.9 Å². The van der Waals surface area contributed by atoms with Gasteiger partial charge in [-0.05, 0) is 25.2 Å². The Balaban J connectivity index is 2.23. The van der Waals surface area contributed by atoms with Crippen LogP contribution in [0.25, 0.3) is 0 Å². The Morgan fingerprint density at radius 1 is 1.56 bits per heavy atom. The van der Waals surface area contributed by atoms with Crippen LogP contribution in [0.5, 0.6) is 0 Å². The Hall–Kier alpha value is -0.380. The highest BCUT2D eigenvalue weighted by Gasteiger charge is 2.21. The maximum atomic E-state index is 6.03. The van der Waals surface area contributed by atoms with Gasteiger partial charge in [0.2, 0.25) is 0 Å². The lowest BCUT2D eigenvalue weighted by Crippen LogP contribution is -2.37. The average Bonchev–Trinajstić information content (AvgIpc) is 2.25. The number of fused-ring (bicyclic) bond motifs is 1. The van der Waals surface area contributed by atoms with Gasteiger partial charge in [0.1, 0.15) is 0 Å². The van der Waals surface area contributed by atoms with Crippen LogP contribution >= 0.6 is 23.4 Å². The number of anilines is 1. The lowest BCUT2D eigenvalue weighted by molar-refractivity contribution is 0.704. The highest BCUT2D eigenvalue weighted by atomic mass is 35.5. The van der Waals surface area contributed by atoms with E-state index in [0.717, 1.165) is 24.7 Å². The van der Waals surface area contributed by atoms with E-state index in [2.05, 4.69) is 29.3 Å². The summed E-state index contributed by atoms with van der Waals surface area (Å²) >= 11 is 7.95. The second-order valence-corrected chi connectivity index (χ2v) is 6.01. The molecule has 0 fully saturated rings. The van der Waals surface area contributed by atoms with Gasteiger partial charge in [-0.2, -0.15) is 0 Å². The van der Waals surface area contributed by atoms with Crippen molar-refractivity contribution in [2.45, 2.75) is 17.1 Å². The number of nitrogens with zero attached hydrogens (tertiary/aromatic N) is 1. The Morgan fingerprint density at radius 2 is 2.38 bits per heavy atom. The molecule has 0 radical (unpaired) electrons. The molecule has 1 aromatic carbocycles. The molecule has 1 atom stereocenters. The summed E-state index contributed by atoms with van der Waals surface area (Å²) in [4.78, 5) is 3.74. The van der Waals surface area contributed by atoms with E-state index in [1.54, 1.807) is 0 Å². The van der Waals surface area contributed by atoms with Crippen molar-refractivity contribution < 1.29 is 0 Å². The lowest BCUT2D eigenvalue weighted by Gasteiger charge is -2.34. The largest absolute Gasteiger partial charge is 0.368 e. The first-order chi connectivity index (χ1) is 7.70. The molecule has 1 N–H and O–H groups in total. The van der Waals surface area contributed by atoms with Gasteiger partial charge in [-0.1, -0.05) is 18.5 Å². The molecule has 1 aromatic rings. The van der Waals surface area contributed by atoms with E-state index in [0.29, 0.717) is 5.25 Å². The molecule has 0 bridgehead atoms. The Bertz CT molecular complexity index is 370. The fourth-order valence-electron chi connectivity index (χ4n) is 1.96. The van der Waals surface area contributed by atoms with Crippen molar-refractivity contribution in [1.82, 2.24) is 5.32 Å². The van der Waals surface area contributed by atoms with Crippen molar-refractivity contribution in [2.75, 3.05) is 31.6 Å². The number of nitrogens with one attached hydrogen (secondary N) is 1. The molecule has 2 nitrogen and oxygen atoms in total. The van der Waals surface area contributed by atoms with Gasteiger partial charge in [0.05, 0.1) is 5.69 Å². The predicted octanol–water partition coefficient (Wildman–Crippen LogP) is 2.86. The van der Waals surface area contributed by atoms with Crippen molar-refractivity contribution in [3.63, 3.8) is 0 Å². The summed E-state index contributed by atoms with van der Waals surface area (Å²) < 4.78 is 0. The summed E-state index contributed by atoms with van der Waals surface area (Å²) in [5.74, 6) is 0. The summed E-state index contributed by atoms with van der Waals surface area (Å²) in [5.41, 5.74) is 1.32. The van der Waals surface area contributed by atoms with Crippen LogP contribution in [0.3, 0.4) is 0 Å². The van der Waals surface area contributed by atoms with Gasteiger partial charge in [0.25, 0.3) is 0 Å². The number of hydrogen-bond donors (Lipinski definition) is 1. The highest BCUT2D eigenvalue weighted by Crippen LogP contribution is 2.39. The molecule has 1 unspecified atom stereocenters. The van der Waals surface area contributed by atoms with Crippen molar-refractivity contribution in [3.05, 3.63) is 23.2 Å². The third-order valence-corrected chi connectivity index (χ3v) is 4.07. The zero-order valence-corrected chi connectivity index (χ0v) is 11.2. The van der Waals surface area contributed by atoms with Crippen LogP contribution in [0, 0.1) is 0 Å². The van der Waals surface area contributed by atoms with Crippen LogP contribution in [0.2, 0.25) is 5.02 Å². The molecule has 0 aromatic heterocycles. The minimum absolute atomic E-state index is 0.628. The minimum Gasteiger partial charge on any atom is -0.368 e. The maximum absolute atomic E-state index is 6.03. The van der Waals surface area contributed by atoms with Crippen molar-refractivity contribution in [2.24, 2.45) is 0 Å². The first kappa shape index (κ1) is 12.1. The van der Waals surface area contributed by atoms with Gasteiger partial charge >= 0.3 is 0 Å². The van der Waals surface area contributed by atoms with Gasteiger partial charge in [-0.15, -0.1) is 11.8 Å². The van der Waals surface area contributed by atoms with E-state index in [1.165, 1.54) is 10.6 Å². The first-order valence-corrected chi connectivity index (χ1v) is 6.82. The molecule has 1 aliphatic rings. The van der Waals surface area contributed by atoms with E-state index >= 15 is 0 Å². The van der Waals surface area contributed by atoms with Gasteiger partial charge in [0, 0.05) is 34.8 Å². The van der Waals surface area contributed by atoms with Crippen molar-refractivity contribution >= 4 is 29.1 Å². The first-order valence-electron chi connectivity index (χ1n) is 5.56. The second-order valence-electron chi connectivity index (χ2n) is 4.09. The van der Waals surface area contributed by atoms with E-state index in [9.17, 15) is 0 Å². The third kappa shape index (κ3) is 2.65. The number of hydrogen-bond acceptors (Lipinski definition) is 3. The van der Waals surface area contributed by atoms with Gasteiger partial charge < -0.3 is 10.2 Å². The quantitative estimate of drug-likeness (QED) is 0.895. The van der Waals surface area contributed by atoms with E-state index < -0.39 is 0 Å². The molecular formula is C12H17ClN2S. The van der Waals surface area contributed by atoms with Crippen LogP contribution in [0.15, 0.2) is 23.1 Å². The maximum Gasteiger partial charge on any atom is 0.0506 e. The van der Waals surface area contributed by atoms with E-state index in [4.69, 9.17) is 11.6 Å². The fraction of sp³-hybridized carbons (Fsp3) is 0.500. The van der Waals surface area contributed by atoms with Crippen LogP contribution in [-0.4, -0.2) is 31.9 Å². The third-order valence-electron chi connectivity index (χ3n) is 2.70. The molecule has 0 spiro atoms. The molecule has 1 heterocycles. The summed E-state index contributed by atoms with van der Waals surface area (Å²) in [6.45, 7) is 5.44. The lowest BCUT2D eigenvalue weighted by atomic mass is 10.2. The van der Waals surface area contributed by atoms with Crippen LogP contribution < -0.4 is 10.2 Å². The zero-order valence-electron chi connectivity index (χ0n) is 9.66. The summed E-state index contributed by atoms with van der Waals surface area (Å²) in [7, 11) is 1.99. The monoisotopic (exact) mass is 256 g/mol. The van der Waals surface area contributed by atoms with Crippen molar-refractivity contribution in [3.8, 4) is 0 Å². The molecule has 4 heteroatoms. The smallest absolute Gasteiger partial charge is 0.0506 e. The number of thioether (sulfide) groups is 1. The molecule has 16 heavy (non-hydrogen) atoms. The molecule has 0 amide bonds. The Labute approximate surface area is 106 Å². The van der Waals surface area contributed by atoms with Crippen LogP contribution in [-0.2, 0) is 0 Å². The van der Waals surface area contributed by atoms with Crippen LogP contribution in [0.4, 0.5) is 5.69 Å². The Kier molecular flexibility index (Phi) is 4.00. The number of likely N-dealkylation sites (N-methyl/N-ethyl adjacent to an activating group) is 1. The molecule has 0 saturated carbocycles. The SMILES string of the molecule is CNCCN1CC(C)Sc2cc(Cl)ccc21. The van der Waals surface area contributed by atoms with Gasteiger partial charge in [-0.3, -0.25) is 0 Å². The van der Waals surface area contributed by atoms with E-state index in [-0.39, 0.29) is 0 Å². The molecule has 0 saturated heterocycles. The highest BCUT2D eigenvalue weighted by molar-refractivity contribution is 8.00. The van der Waals surface area contributed by atoms with Crippen molar-refractivity contribution in [1.29, 1.82) is 0 Å². The zero-order chi connectivity index (χ0) is 11.5. The fourth-order valence-corrected chi connectivity index (χ4v) is 3.40. The van der Waals surface area contributed by atoms with Gasteiger partial charge in [-0.25, -0.2) is 0 Å². The topological polar surface area (TPSA) is 15.3 Å². The minimum atomic E-state index is 0.628. The summed E-state index contributed by atoms with van der Waals surface area (Å²) in [6.07, 6.45) is 0. The molecule has 1 aliphatic heterocycles. The summed E-state index contributed by atoms with van der Waals surface area (Å²) in [6, 6.07) is 6.18. The van der Waals surface area contributed by atoms with Gasteiger partial charge in [0.15, 0.2) is 0 Å². The second kappa shape index (κ2) is 5.30. The molecule has 88 valence electrons.